The maximum absolute atomic E-state index is 12.5. The first-order valence-corrected chi connectivity index (χ1v) is 7.40. The van der Waals surface area contributed by atoms with Crippen molar-refractivity contribution in [1.82, 2.24) is 5.32 Å². The third kappa shape index (κ3) is 3.06. The Morgan fingerprint density at radius 3 is 2.76 bits per heavy atom. The SMILES string of the molecule is CCC(C)(CCO)NC(=O)c1oc2c(Cl)cccc2c1C. The zero-order valence-electron chi connectivity index (χ0n) is 12.5. The molecule has 0 saturated carbocycles. The van der Waals surface area contributed by atoms with Crippen LogP contribution < -0.4 is 5.32 Å². The number of fused-ring (bicyclic) bond motifs is 1. The van der Waals surface area contributed by atoms with E-state index >= 15 is 0 Å². The molecule has 4 nitrogen and oxygen atoms in total. The second kappa shape index (κ2) is 6.08. The summed E-state index contributed by atoms with van der Waals surface area (Å²) in [6.07, 6.45) is 1.22. The average Bonchev–Trinajstić information content (AvgIpc) is 2.78. The molecule has 114 valence electrons. The Labute approximate surface area is 129 Å². The van der Waals surface area contributed by atoms with Gasteiger partial charge in [0, 0.05) is 23.1 Å². The lowest BCUT2D eigenvalue weighted by Crippen LogP contribution is -2.46. The Bertz CT molecular complexity index is 665. The predicted octanol–water partition coefficient (Wildman–Crippen LogP) is 3.68. The molecule has 0 saturated heterocycles. The number of benzene rings is 1. The van der Waals surface area contributed by atoms with Crippen LogP contribution in [0.5, 0.6) is 0 Å². The molecule has 1 unspecified atom stereocenters. The molecule has 0 aliphatic carbocycles. The average molecular weight is 310 g/mol. The van der Waals surface area contributed by atoms with Gasteiger partial charge in [-0.05, 0) is 32.8 Å². The van der Waals surface area contributed by atoms with Crippen LogP contribution in [0.3, 0.4) is 0 Å². The first-order valence-electron chi connectivity index (χ1n) is 7.03. The molecule has 0 radical (unpaired) electrons. The molecule has 2 rings (SSSR count). The van der Waals surface area contributed by atoms with E-state index in [1.807, 2.05) is 32.9 Å². The monoisotopic (exact) mass is 309 g/mol. The van der Waals surface area contributed by atoms with Crippen LogP contribution in [0.1, 0.15) is 42.8 Å². The van der Waals surface area contributed by atoms with Gasteiger partial charge in [0.15, 0.2) is 11.3 Å². The third-order valence-corrected chi connectivity index (χ3v) is 4.28. The van der Waals surface area contributed by atoms with Gasteiger partial charge in [-0.2, -0.15) is 0 Å². The number of furan rings is 1. The fourth-order valence-corrected chi connectivity index (χ4v) is 2.54. The fraction of sp³-hybridized carbons (Fsp3) is 0.438. The number of aryl methyl sites for hydroxylation is 1. The van der Waals surface area contributed by atoms with Crippen LogP contribution in [-0.2, 0) is 0 Å². The molecule has 1 atom stereocenters. The lowest BCUT2D eigenvalue weighted by atomic mass is 9.94. The first-order chi connectivity index (χ1) is 9.91. The zero-order chi connectivity index (χ0) is 15.6. The quantitative estimate of drug-likeness (QED) is 0.885. The Morgan fingerprint density at radius 2 is 2.19 bits per heavy atom. The summed E-state index contributed by atoms with van der Waals surface area (Å²) < 4.78 is 5.65. The second-order valence-corrected chi connectivity index (χ2v) is 5.92. The fourth-order valence-electron chi connectivity index (χ4n) is 2.33. The van der Waals surface area contributed by atoms with E-state index in [0.717, 1.165) is 17.4 Å². The second-order valence-electron chi connectivity index (χ2n) is 5.51. The van der Waals surface area contributed by atoms with E-state index in [9.17, 15) is 4.79 Å². The van der Waals surface area contributed by atoms with Crippen molar-refractivity contribution >= 4 is 28.5 Å². The van der Waals surface area contributed by atoms with E-state index < -0.39 is 5.54 Å². The summed E-state index contributed by atoms with van der Waals surface area (Å²) in [6.45, 7) is 5.74. The van der Waals surface area contributed by atoms with Gasteiger partial charge in [0.05, 0.1) is 5.02 Å². The maximum Gasteiger partial charge on any atom is 0.287 e. The van der Waals surface area contributed by atoms with Crippen LogP contribution in [0.2, 0.25) is 5.02 Å². The molecule has 0 bridgehead atoms. The summed E-state index contributed by atoms with van der Waals surface area (Å²) in [5.74, 6) is -0.00622. The molecule has 2 N–H and O–H groups in total. The van der Waals surface area contributed by atoms with Crippen LogP contribution >= 0.6 is 11.6 Å². The lowest BCUT2D eigenvalue weighted by molar-refractivity contribution is 0.0859. The van der Waals surface area contributed by atoms with E-state index in [4.69, 9.17) is 21.1 Å². The molecule has 21 heavy (non-hydrogen) atoms. The van der Waals surface area contributed by atoms with E-state index in [1.165, 1.54) is 0 Å². The number of hydrogen-bond acceptors (Lipinski definition) is 3. The van der Waals surface area contributed by atoms with Gasteiger partial charge in [-0.25, -0.2) is 0 Å². The highest BCUT2D eigenvalue weighted by atomic mass is 35.5. The third-order valence-electron chi connectivity index (χ3n) is 3.98. The van der Waals surface area contributed by atoms with Crippen molar-refractivity contribution in [2.24, 2.45) is 0 Å². The number of carbonyl (C=O) groups excluding carboxylic acids is 1. The molecule has 1 amide bonds. The summed E-state index contributed by atoms with van der Waals surface area (Å²) in [4.78, 5) is 12.5. The van der Waals surface area contributed by atoms with E-state index in [2.05, 4.69) is 5.32 Å². The molecule has 2 aromatic rings. The van der Waals surface area contributed by atoms with Gasteiger partial charge >= 0.3 is 0 Å². The first kappa shape index (κ1) is 15.9. The number of carbonyl (C=O) groups is 1. The standard InChI is InChI=1S/C16H20ClNO3/c1-4-16(3,8-9-19)18-15(20)13-10(2)11-6-5-7-12(17)14(11)21-13/h5-7,19H,4,8-9H2,1-3H3,(H,18,20). The molecule has 0 aliphatic heterocycles. The lowest BCUT2D eigenvalue weighted by Gasteiger charge is -2.28. The Hall–Kier alpha value is -1.52. The van der Waals surface area contributed by atoms with Crippen LogP contribution in [0.15, 0.2) is 22.6 Å². The normalized spacial score (nSPS) is 14.1. The largest absolute Gasteiger partial charge is 0.449 e. The van der Waals surface area contributed by atoms with Crippen LogP contribution in [0.25, 0.3) is 11.0 Å². The van der Waals surface area contributed by atoms with Crippen molar-refractivity contribution in [2.75, 3.05) is 6.61 Å². The molecule has 1 aromatic carbocycles. The molecule has 1 heterocycles. The number of halogens is 1. The van der Waals surface area contributed by atoms with Crippen molar-refractivity contribution in [3.05, 3.63) is 34.5 Å². The van der Waals surface area contributed by atoms with Gasteiger partial charge < -0.3 is 14.8 Å². The Balaban J connectivity index is 2.36. The number of aliphatic hydroxyl groups excluding tert-OH is 1. The number of rotatable bonds is 5. The topological polar surface area (TPSA) is 62.5 Å². The van der Waals surface area contributed by atoms with E-state index in [1.54, 1.807) is 6.07 Å². The molecule has 5 heteroatoms. The van der Waals surface area contributed by atoms with Gasteiger partial charge in [-0.15, -0.1) is 0 Å². The van der Waals surface area contributed by atoms with Gasteiger partial charge in [0.25, 0.3) is 5.91 Å². The summed E-state index contributed by atoms with van der Waals surface area (Å²) in [7, 11) is 0. The zero-order valence-corrected chi connectivity index (χ0v) is 13.3. The van der Waals surface area contributed by atoms with Crippen molar-refractivity contribution in [2.45, 2.75) is 39.2 Å². The number of para-hydroxylation sites is 1. The van der Waals surface area contributed by atoms with Crippen molar-refractivity contribution in [3.8, 4) is 0 Å². The predicted molar refractivity (Wildman–Crippen MR) is 83.8 cm³/mol. The highest BCUT2D eigenvalue weighted by Crippen LogP contribution is 2.31. The minimum Gasteiger partial charge on any atom is -0.449 e. The molecular formula is C16H20ClNO3. The highest BCUT2D eigenvalue weighted by molar-refractivity contribution is 6.35. The summed E-state index contributed by atoms with van der Waals surface area (Å²) >= 11 is 6.10. The summed E-state index contributed by atoms with van der Waals surface area (Å²) in [5, 5.41) is 13.4. The van der Waals surface area contributed by atoms with Crippen molar-refractivity contribution in [1.29, 1.82) is 0 Å². The van der Waals surface area contributed by atoms with Crippen LogP contribution in [-0.4, -0.2) is 23.2 Å². The summed E-state index contributed by atoms with van der Waals surface area (Å²) in [5.41, 5.74) is 0.843. The number of amides is 1. The molecule has 0 fully saturated rings. The van der Waals surface area contributed by atoms with Crippen LogP contribution in [0, 0.1) is 6.92 Å². The van der Waals surface area contributed by atoms with Crippen molar-refractivity contribution in [3.63, 3.8) is 0 Å². The van der Waals surface area contributed by atoms with Gasteiger partial charge in [0.2, 0.25) is 0 Å². The molecular weight excluding hydrogens is 290 g/mol. The Morgan fingerprint density at radius 1 is 1.48 bits per heavy atom. The van der Waals surface area contributed by atoms with E-state index in [0.29, 0.717) is 17.0 Å². The molecule has 1 aromatic heterocycles. The highest BCUT2D eigenvalue weighted by Gasteiger charge is 2.27. The van der Waals surface area contributed by atoms with Gasteiger partial charge in [-0.1, -0.05) is 30.7 Å². The maximum atomic E-state index is 12.5. The van der Waals surface area contributed by atoms with Crippen molar-refractivity contribution < 1.29 is 14.3 Å². The number of hydrogen-bond donors (Lipinski definition) is 2. The van der Waals surface area contributed by atoms with E-state index in [-0.39, 0.29) is 18.3 Å². The van der Waals surface area contributed by atoms with Crippen LogP contribution in [0.4, 0.5) is 0 Å². The minimum atomic E-state index is -0.457. The number of aliphatic hydroxyl groups is 1. The Kier molecular flexibility index (Phi) is 4.59. The van der Waals surface area contributed by atoms with Gasteiger partial charge in [0.1, 0.15) is 0 Å². The minimum absolute atomic E-state index is 0.0234. The smallest absolute Gasteiger partial charge is 0.287 e. The summed E-state index contributed by atoms with van der Waals surface area (Å²) in [6, 6.07) is 5.44. The molecule has 0 aliphatic rings. The number of nitrogens with one attached hydrogen (secondary N) is 1. The van der Waals surface area contributed by atoms with Gasteiger partial charge in [-0.3, -0.25) is 4.79 Å². The molecule has 0 spiro atoms.